The Labute approximate surface area is 301 Å². The van der Waals surface area contributed by atoms with E-state index in [-0.39, 0.29) is 0 Å². The van der Waals surface area contributed by atoms with Crippen molar-refractivity contribution in [2.24, 2.45) is 0 Å². The molecule has 0 unspecified atom stereocenters. The first-order valence-corrected chi connectivity index (χ1v) is 17.6. The lowest BCUT2D eigenvalue weighted by Crippen LogP contribution is -2.10. The van der Waals surface area contributed by atoms with Crippen LogP contribution in [0.1, 0.15) is 11.1 Å². The van der Waals surface area contributed by atoms with Crippen molar-refractivity contribution in [3.05, 3.63) is 211 Å². The van der Waals surface area contributed by atoms with Crippen LogP contribution in [0.15, 0.2) is 200 Å². The number of nitrogens with zero attached hydrogens (tertiary/aromatic N) is 1. The zero-order valence-corrected chi connectivity index (χ0v) is 29.0. The summed E-state index contributed by atoms with van der Waals surface area (Å²) in [6.45, 7) is 4.41. The second kappa shape index (κ2) is 14.2. The van der Waals surface area contributed by atoms with E-state index in [1.54, 1.807) is 0 Å². The maximum atomic E-state index is 2.37. The fourth-order valence-corrected chi connectivity index (χ4v) is 7.23. The van der Waals surface area contributed by atoms with E-state index in [0.29, 0.717) is 0 Å². The van der Waals surface area contributed by atoms with E-state index in [0.717, 1.165) is 17.1 Å². The molecule has 0 saturated heterocycles. The highest BCUT2D eigenvalue weighted by molar-refractivity contribution is 5.91. The third-order valence-electron chi connectivity index (χ3n) is 9.76. The monoisotopic (exact) mass is 653 g/mol. The van der Waals surface area contributed by atoms with Crippen LogP contribution in [0.25, 0.3) is 55.6 Å². The van der Waals surface area contributed by atoms with Crippen LogP contribution in [0.2, 0.25) is 0 Å². The van der Waals surface area contributed by atoms with E-state index in [1.165, 1.54) is 66.8 Å². The van der Waals surface area contributed by atoms with Crippen LogP contribution >= 0.6 is 0 Å². The molecule has 0 heterocycles. The molecule has 0 aromatic heterocycles. The molecule has 1 heteroatoms. The Bertz CT molecular complexity index is 2430. The minimum atomic E-state index is 1.10. The molecule has 1 nitrogen and oxygen atoms in total. The fourth-order valence-electron chi connectivity index (χ4n) is 7.23. The second-order valence-corrected chi connectivity index (χ2v) is 13.1. The van der Waals surface area contributed by atoms with Crippen LogP contribution in [-0.4, -0.2) is 0 Å². The van der Waals surface area contributed by atoms with E-state index in [2.05, 4.69) is 219 Å². The van der Waals surface area contributed by atoms with E-state index in [9.17, 15) is 0 Å². The zero-order valence-electron chi connectivity index (χ0n) is 29.0. The molecule has 0 saturated carbocycles. The first-order valence-electron chi connectivity index (χ1n) is 17.6. The molecule has 0 aliphatic heterocycles. The molecular weight excluding hydrogens is 615 g/mol. The molecule has 8 aromatic carbocycles. The van der Waals surface area contributed by atoms with Crippen molar-refractivity contribution in [2.75, 3.05) is 4.90 Å². The molecule has 0 fully saturated rings. The summed E-state index contributed by atoms with van der Waals surface area (Å²) in [4.78, 5) is 2.37. The van der Waals surface area contributed by atoms with E-state index < -0.39 is 0 Å². The van der Waals surface area contributed by atoms with Gasteiger partial charge in [0.1, 0.15) is 0 Å². The van der Waals surface area contributed by atoms with Crippen molar-refractivity contribution in [1.82, 2.24) is 0 Å². The van der Waals surface area contributed by atoms with Gasteiger partial charge in [0, 0.05) is 17.1 Å². The maximum absolute atomic E-state index is 2.37. The summed E-state index contributed by atoms with van der Waals surface area (Å²) >= 11 is 0. The maximum Gasteiger partial charge on any atom is 0.0468 e. The van der Waals surface area contributed by atoms with Crippen molar-refractivity contribution < 1.29 is 0 Å². The minimum Gasteiger partial charge on any atom is -0.310 e. The molecular formula is C50H39N. The summed E-state index contributed by atoms with van der Waals surface area (Å²) in [5.41, 5.74) is 18.1. The molecule has 8 rings (SSSR count). The van der Waals surface area contributed by atoms with Gasteiger partial charge in [-0.05, 0) is 117 Å². The Balaban J connectivity index is 1.24. The van der Waals surface area contributed by atoms with Gasteiger partial charge in [0.15, 0.2) is 0 Å². The third-order valence-corrected chi connectivity index (χ3v) is 9.76. The van der Waals surface area contributed by atoms with Crippen molar-refractivity contribution in [1.29, 1.82) is 0 Å². The summed E-state index contributed by atoms with van der Waals surface area (Å²) in [6, 6.07) is 72.1. The number of para-hydroxylation sites is 1. The highest BCUT2D eigenvalue weighted by Gasteiger charge is 2.18. The van der Waals surface area contributed by atoms with Crippen LogP contribution < -0.4 is 4.90 Å². The van der Waals surface area contributed by atoms with Crippen LogP contribution in [-0.2, 0) is 0 Å². The molecule has 8 aromatic rings. The quantitative estimate of drug-likeness (QED) is 0.158. The zero-order chi connectivity index (χ0) is 34.6. The Morgan fingerprint density at radius 3 is 1.35 bits per heavy atom. The average molecular weight is 654 g/mol. The lowest BCUT2D eigenvalue weighted by Gasteiger charge is -2.27. The van der Waals surface area contributed by atoms with Gasteiger partial charge in [0.05, 0.1) is 0 Å². The largest absolute Gasteiger partial charge is 0.310 e. The van der Waals surface area contributed by atoms with Gasteiger partial charge < -0.3 is 4.90 Å². The lowest BCUT2D eigenvalue weighted by atomic mass is 9.90. The minimum absolute atomic E-state index is 1.10. The van der Waals surface area contributed by atoms with Gasteiger partial charge in [-0.1, -0.05) is 164 Å². The molecule has 0 N–H and O–H groups in total. The second-order valence-electron chi connectivity index (χ2n) is 13.1. The number of benzene rings is 8. The first-order chi connectivity index (χ1) is 25.1. The van der Waals surface area contributed by atoms with Crippen LogP contribution in [0.4, 0.5) is 17.1 Å². The van der Waals surface area contributed by atoms with Gasteiger partial charge >= 0.3 is 0 Å². The number of hydrogen-bond acceptors (Lipinski definition) is 1. The number of hydrogen-bond donors (Lipinski definition) is 0. The highest BCUT2D eigenvalue weighted by Crippen LogP contribution is 2.42. The molecule has 0 spiro atoms. The normalized spacial score (nSPS) is 10.9. The molecule has 0 aliphatic carbocycles. The van der Waals surface area contributed by atoms with Gasteiger partial charge in [-0.25, -0.2) is 0 Å². The predicted octanol–water partition coefficient (Wildman–Crippen LogP) is 14.1. The molecule has 0 atom stereocenters. The summed E-state index contributed by atoms with van der Waals surface area (Å²) in [6.07, 6.45) is 0. The highest BCUT2D eigenvalue weighted by atomic mass is 15.1. The molecule has 0 bridgehead atoms. The first kappa shape index (κ1) is 31.8. The standard InChI is InChI=1S/C50H39N/c1-36-17-12-13-26-45(36)46-31-29-41(33-37(46)2)48-28-15-14-27-47(48)40-22-16-25-43(34-40)51(42-23-10-5-11-24-42)44-30-32-49(38-18-6-3-7-19-38)50(35-44)39-20-8-4-9-21-39/h3-35H,1-2H3. The van der Waals surface area contributed by atoms with Crippen LogP contribution in [0.5, 0.6) is 0 Å². The molecule has 244 valence electrons. The predicted molar refractivity (Wildman–Crippen MR) is 218 cm³/mol. The summed E-state index contributed by atoms with van der Waals surface area (Å²) in [7, 11) is 0. The topological polar surface area (TPSA) is 3.24 Å². The van der Waals surface area contributed by atoms with Gasteiger partial charge in [-0.2, -0.15) is 0 Å². The SMILES string of the molecule is Cc1ccccc1-c1ccc(-c2ccccc2-c2cccc(N(c3ccccc3)c3ccc(-c4ccccc4)c(-c4ccccc4)c3)c2)cc1C. The molecule has 0 radical (unpaired) electrons. The van der Waals surface area contributed by atoms with Crippen molar-refractivity contribution >= 4 is 17.1 Å². The number of rotatable bonds is 8. The molecule has 51 heavy (non-hydrogen) atoms. The van der Waals surface area contributed by atoms with Crippen LogP contribution in [0.3, 0.4) is 0 Å². The van der Waals surface area contributed by atoms with Crippen molar-refractivity contribution in [3.8, 4) is 55.6 Å². The molecule has 0 amide bonds. The lowest BCUT2D eigenvalue weighted by molar-refractivity contribution is 1.28. The summed E-state index contributed by atoms with van der Waals surface area (Å²) in [5.74, 6) is 0. The Morgan fingerprint density at radius 2 is 0.706 bits per heavy atom. The van der Waals surface area contributed by atoms with Gasteiger partial charge in [0.25, 0.3) is 0 Å². The van der Waals surface area contributed by atoms with Gasteiger partial charge in [-0.15, -0.1) is 0 Å². The average Bonchev–Trinajstić information content (AvgIpc) is 3.19. The Hall–Kier alpha value is -6.44. The van der Waals surface area contributed by atoms with E-state index >= 15 is 0 Å². The molecule has 0 aliphatic rings. The summed E-state index contributed by atoms with van der Waals surface area (Å²) in [5, 5.41) is 0. The van der Waals surface area contributed by atoms with Crippen molar-refractivity contribution in [3.63, 3.8) is 0 Å². The number of aryl methyl sites for hydroxylation is 2. The van der Waals surface area contributed by atoms with E-state index in [4.69, 9.17) is 0 Å². The third kappa shape index (κ3) is 6.50. The fraction of sp³-hybridized carbons (Fsp3) is 0.0400. The van der Waals surface area contributed by atoms with Crippen molar-refractivity contribution in [2.45, 2.75) is 13.8 Å². The summed E-state index contributed by atoms with van der Waals surface area (Å²) < 4.78 is 0. The van der Waals surface area contributed by atoms with E-state index in [1.807, 2.05) is 0 Å². The van der Waals surface area contributed by atoms with Gasteiger partial charge in [-0.3, -0.25) is 0 Å². The smallest absolute Gasteiger partial charge is 0.0468 e. The number of anilines is 3. The Morgan fingerprint density at radius 1 is 0.255 bits per heavy atom. The van der Waals surface area contributed by atoms with Crippen LogP contribution in [0, 0.1) is 13.8 Å². The Kier molecular flexibility index (Phi) is 8.85. The van der Waals surface area contributed by atoms with Gasteiger partial charge in [0.2, 0.25) is 0 Å².